The fraction of sp³-hybridized carbons (Fsp3) is 0.611. The zero-order valence-corrected chi connectivity index (χ0v) is 15.1. The number of hydrogen-bond acceptors (Lipinski definition) is 4. The molecule has 1 aromatic heterocycles. The fourth-order valence-corrected chi connectivity index (χ4v) is 2.72. The number of phenolic OH excluding ortho intramolecular Hbond substituents is 1. The molecule has 0 aliphatic heterocycles. The maximum absolute atomic E-state index is 10.7. The molecule has 23 heavy (non-hydrogen) atoms. The number of aromatic amines is 1. The third-order valence-electron chi connectivity index (χ3n) is 4.04. The zero-order chi connectivity index (χ0) is 17.3. The summed E-state index contributed by atoms with van der Waals surface area (Å²) >= 11 is 0. The highest BCUT2D eigenvalue weighted by Crippen LogP contribution is 2.39. The van der Waals surface area contributed by atoms with E-state index in [0.29, 0.717) is 5.75 Å². The van der Waals surface area contributed by atoms with E-state index in [-0.39, 0.29) is 10.8 Å². The second-order valence-corrected chi connectivity index (χ2v) is 8.22. The van der Waals surface area contributed by atoms with Crippen LogP contribution in [0.2, 0.25) is 0 Å². The fourth-order valence-electron chi connectivity index (χ4n) is 2.72. The van der Waals surface area contributed by atoms with Gasteiger partial charge in [-0.25, -0.2) is 0 Å². The highest BCUT2D eigenvalue weighted by Gasteiger charge is 2.26. The number of benzene rings is 1. The van der Waals surface area contributed by atoms with E-state index in [0.717, 1.165) is 36.2 Å². The molecular weight excluding hydrogens is 288 g/mol. The number of H-pyrrole nitrogens is 1. The van der Waals surface area contributed by atoms with Crippen LogP contribution in [-0.4, -0.2) is 25.7 Å². The number of aromatic nitrogens is 4. The minimum Gasteiger partial charge on any atom is -0.507 e. The molecular formula is C18H28N4O. The number of tetrazole rings is 1. The van der Waals surface area contributed by atoms with Crippen LogP contribution in [0.5, 0.6) is 5.75 Å². The first-order chi connectivity index (χ1) is 10.6. The van der Waals surface area contributed by atoms with Crippen LogP contribution in [0.25, 0.3) is 0 Å². The molecule has 2 rings (SSSR count). The number of nitrogens with zero attached hydrogens (tertiary/aromatic N) is 3. The second-order valence-electron chi connectivity index (χ2n) is 8.22. The van der Waals surface area contributed by atoms with E-state index in [9.17, 15) is 5.11 Å². The summed E-state index contributed by atoms with van der Waals surface area (Å²) in [7, 11) is 0. The quantitative estimate of drug-likeness (QED) is 0.902. The first-order valence-corrected chi connectivity index (χ1v) is 8.18. The zero-order valence-electron chi connectivity index (χ0n) is 15.1. The van der Waals surface area contributed by atoms with E-state index >= 15 is 0 Å². The van der Waals surface area contributed by atoms with Gasteiger partial charge in [0.2, 0.25) is 0 Å². The number of aromatic hydroxyl groups is 1. The number of hydrogen-bond donors (Lipinski definition) is 2. The molecule has 5 nitrogen and oxygen atoms in total. The topological polar surface area (TPSA) is 74.7 Å². The molecule has 0 saturated heterocycles. The molecule has 126 valence electrons. The maximum atomic E-state index is 10.7. The van der Waals surface area contributed by atoms with Crippen molar-refractivity contribution >= 4 is 0 Å². The minimum absolute atomic E-state index is 0.0895. The van der Waals surface area contributed by atoms with E-state index in [1.165, 1.54) is 5.56 Å². The van der Waals surface area contributed by atoms with Gasteiger partial charge in [-0.05, 0) is 40.4 Å². The lowest BCUT2D eigenvalue weighted by Gasteiger charge is -2.28. The van der Waals surface area contributed by atoms with Crippen LogP contribution in [0.15, 0.2) is 12.1 Å². The lowest BCUT2D eigenvalue weighted by Crippen LogP contribution is -2.18. The largest absolute Gasteiger partial charge is 0.507 e. The molecule has 0 amide bonds. The van der Waals surface area contributed by atoms with Crippen molar-refractivity contribution in [2.75, 3.05) is 0 Å². The van der Waals surface area contributed by atoms with E-state index in [2.05, 4.69) is 74.3 Å². The molecule has 0 saturated carbocycles. The second kappa shape index (κ2) is 6.30. The van der Waals surface area contributed by atoms with Crippen LogP contribution in [0, 0.1) is 0 Å². The van der Waals surface area contributed by atoms with Crippen LogP contribution in [-0.2, 0) is 23.7 Å². The Morgan fingerprint density at radius 3 is 1.96 bits per heavy atom. The Labute approximate surface area is 138 Å². The van der Waals surface area contributed by atoms with Crippen molar-refractivity contribution in [3.63, 3.8) is 0 Å². The van der Waals surface area contributed by atoms with Crippen molar-refractivity contribution in [3.8, 4) is 5.75 Å². The van der Waals surface area contributed by atoms with E-state index < -0.39 is 0 Å². The summed E-state index contributed by atoms with van der Waals surface area (Å²) in [6, 6.07) is 4.28. The van der Waals surface area contributed by atoms with Crippen molar-refractivity contribution in [1.82, 2.24) is 20.6 Å². The predicted octanol–water partition coefficient (Wildman–Crippen LogP) is 3.68. The number of rotatable bonds is 4. The first kappa shape index (κ1) is 17.4. The summed E-state index contributed by atoms with van der Waals surface area (Å²) in [6.45, 7) is 12.8. The highest BCUT2D eigenvalue weighted by molar-refractivity contribution is 5.49. The lowest BCUT2D eigenvalue weighted by molar-refractivity contribution is 0.422. The molecule has 2 aromatic rings. The van der Waals surface area contributed by atoms with Gasteiger partial charge in [-0.3, -0.25) is 0 Å². The molecule has 0 aliphatic carbocycles. The third kappa shape index (κ3) is 4.30. The first-order valence-electron chi connectivity index (χ1n) is 8.18. The SMILES string of the molecule is CC(C)(C)c1cc(CCCc2nn[nH]n2)cc(C(C)(C)C)c1O. The highest BCUT2D eigenvalue weighted by atomic mass is 16.3. The molecule has 2 N–H and O–H groups in total. The summed E-state index contributed by atoms with van der Waals surface area (Å²) < 4.78 is 0. The molecule has 0 radical (unpaired) electrons. The molecule has 1 aromatic carbocycles. The van der Waals surface area contributed by atoms with Crippen LogP contribution < -0.4 is 0 Å². The van der Waals surface area contributed by atoms with Gasteiger partial charge in [0.25, 0.3) is 0 Å². The summed E-state index contributed by atoms with van der Waals surface area (Å²) in [4.78, 5) is 0. The minimum atomic E-state index is -0.0895. The average Bonchev–Trinajstić information content (AvgIpc) is 2.91. The van der Waals surface area contributed by atoms with Crippen molar-refractivity contribution in [2.45, 2.75) is 71.6 Å². The number of aryl methyl sites for hydroxylation is 2. The molecule has 0 atom stereocenters. The van der Waals surface area contributed by atoms with E-state index in [4.69, 9.17) is 0 Å². The smallest absolute Gasteiger partial charge is 0.174 e. The Balaban J connectivity index is 2.28. The number of nitrogens with one attached hydrogen (secondary N) is 1. The van der Waals surface area contributed by atoms with Gasteiger partial charge in [0.1, 0.15) is 5.75 Å². The van der Waals surface area contributed by atoms with Gasteiger partial charge in [0, 0.05) is 6.42 Å². The predicted molar refractivity (Wildman–Crippen MR) is 91.7 cm³/mol. The molecule has 0 aliphatic rings. The average molecular weight is 316 g/mol. The van der Waals surface area contributed by atoms with Crippen molar-refractivity contribution in [1.29, 1.82) is 0 Å². The van der Waals surface area contributed by atoms with Gasteiger partial charge < -0.3 is 5.11 Å². The Morgan fingerprint density at radius 2 is 1.52 bits per heavy atom. The van der Waals surface area contributed by atoms with Gasteiger partial charge in [0.15, 0.2) is 5.82 Å². The standard InChI is InChI=1S/C18H28N4O/c1-17(2,3)13-10-12(8-7-9-15-19-21-22-20-15)11-14(16(13)23)18(4,5)6/h10-11,23H,7-9H2,1-6H3,(H,19,20,21,22). The third-order valence-corrected chi connectivity index (χ3v) is 4.04. The van der Waals surface area contributed by atoms with E-state index in [1.807, 2.05) is 0 Å². The van der Waals surface area contributed by atoms with Crippen molar-refractivity contribution in [3.05, 3.63) is 34.6 Å². The maximum Gasteiger partial charge on any atom is 0.174 e. The summed E-state index contributed by atoms with van der Waals surface area (Å²) in [6.07, 6.45) is 2.69. The molecule has 5 heteroatoms. The van der Waals surface area contributed by atoms with Gasteiger partial charge in [-0.2, -0.15) is 5.21 Å². The lowest BCUT2D eigenvalue weighted by atomic mass is 9.78. The molecule has 0 spiro atoms. The van der Waals surface area contributed by atoms with Crippen LogP contribution in [0.3, 0.4) is 0 Å². The van der Waals surface area contributed by atoms with E-state index in [1.54, 1.807) is 0 Å². The Morgan fingerprint density at radius 1 is 0.957 bits per heavy atom. The van der Waals surface area contributed by atoms with Gasteiger partial charge in [-0.1, -0.05) is 58.9 Å². The normalized spacial score (nSPS) is 12.6. The van der Waals surface area contributed by atoms with Gasteiger partial charge >= 0.3 is 0 Å². The summed E-state index contributed by atoms with van der Waals surface area (Å²) in [5.41, 5.74) is 3.10. The number of phenols is 1. The Bertz CT molecular complexity index is 614. The van der Waals surface area contributed by atoms with Crippen molar-refractivity contribution < 1.29 is 5.11 Å². The van der Waals surface area contributed by atoms with Gasteiger partial charge in [0.05, 0.1) is 0 Å². The van der Waals surface area contributed by atoms with Crippen LogP contribution in [0.1, 0.15) is 70.5 Å². The summed E-state index contributed by atoms with van der Waals surface area (Å²) in [5, 5.41) is 24.8. The van der Waals surface area contributed by atoms with Crippen LogP contribution in [0.4, 0.5) is 0 Å². The summed E-state index contributed by atoms with van der Waals surface area (Å²) in [5.74, 6) is 1.18. The van der Waals surface area contributed by atoms with Crippen LogP contribution >= 0.6 is 0 Å². The Kier molecular flexibility index (Phi) is 4.78. The molecule has 0 bridgehead atoms. The monoisotopic (exact) mass is 316 g/mol. The molecule has 0 unspecified atom stereocenters. The Hall–Kier alpha value is -1.91. The van der Waals surface area contributed by atoms with Crippen molar-refractivity contribution in [2.24, 2.45) is 0 Å². The molecule has 0 fully saturated rings. The van der Waals surface area contributed by atoms with Gasteiger partial charge in [-0.15, -0.1) is 10.2 Å². The molecule has 1 heterocycles.